The van der Waals surface area contributed by atoms with E-state index in [4.69, 9.17) is 9.47 Å². The van der Waals surface area contributed by atoms with Crippen LogP contribution < -0.4 is 5.32 Å². The lowest BCUT2D eigenvalue weighted by molar-refractivity contribution is -0.0240. The van der Waals surface area contributed by atoms with E-state index in [1.54, 1.807) is 0 Å². The van der Waals surface area contributed by atoms with Crippen molar-refractivity contribution in [1.82, 2.24) is 5.32 Å². The quantitative estimate of drug-likeness (QED) is 0.835. The molecule has 2 bridgehead atoms. The summed E-state index contributed by atoms with van der Waals surface area (Å²) in [4.78, 5) is 12.4. The van der Waals surface area contributed by atoms with E-state index in [2.05, 4.69) is 36.5 Å². The molecule has 0 aromatic heterocycles. The zero-order valence-corrected chi connectivity index (χ0v) is 16.0. The van der Waals surface area contributed by atoms with E-state index < -0.39 is 6.09 Å². The van der Waals surface area contributed by atoms with Gasteiger partial charge in [0.05, 0.1) is 18.3 Å². The molecule has 0 radical (unpaired) electrons. The van der Waals surface area contributed by atoms with Crippen LogP contribution in [0.5, 0.6) is 0 Å². The first-order valence-electron chi connectivity index (χ1n) is 9.91. The van der Waals surface area contributed by atoms with Gasteiger partial charge in [0.15, 0.2) is 0 Å². The summed E-state index contributed by atoms with van der Waals surface area (Å²) in [7, 11) is 0. The Morgan fingerprint density at radius 2 is 1.75 bits per heavy atom. The summed E-state index contributed by atoms with van der Waals surface area (Å²) < 4.78 is 11.5. The Hall–Kier alpha value is -2.37. The third-order valence-electron chi connectivity index (χ3n) is 6.66. The molecule has 2 saturated heterocycles. The number of aliphatic hydroxyl groups excluding tert-OH is 1. The summed E-state index contributed by atoms with van der Waals surface area (Å²) in [5.74, 6) is 0.0586. The number of nitrogens with one attached hydrogen (secondary N) is 1. The number of rotatable bonds is 5. The van der Waals surface area contributed by atoms with Gasteiger partial charge in [-0.2, -0.15) is 0 Å². The monoisotopic (exact) mass is 379 g/mol. The van der Waals surface area contributed by atoms with Gasteiger partial charge >= 0.3 is 6.09 Å². The topological polar surface area (TPSA) is 67.8 Å². The fourth-order valence-corrected chi connectivity index (χ4v) is 5.58. The van der Waals surface area contributed by atoms with Crippen LogP contribution in [0.1, 0.15) is 36.8 Å². The minimum Gasteiger partial charge on any atom is -0.449 e. The Bertz CT molecular complexity index is 873. The average Bonchev–Trinajstić information content (AvgIpc) is 3.27. The van der Waals surface area contributed by atoms with E-state index in [0.717, 1.165) is 12.8 Å². The summed E-state index contributed by atoms with van der Waals surface area (Å²) in [6.07, 6.45) is 1.13. The lowest BCUT2D eigenvalue weighted by atomic mass is 9.61. The molecule has 0 spiro atoms. The molecule has 6 rings (SSSR count). The summed E-state index contributed by atoms with van der Waals surface area (Å²) in [6, 6.07) is 16.6. The number of aliphatic hydroxyl groups is 1. The molecule has 28 heavy (non-hydrogen) atoms. The van der Waals surface area contributed by atoms with Gasteiger partial charge in [0.1, 0.15) is 6.61 Å². The molecule has 5 nitrogen and oxygen atoms in total. The van der Waals surface area contributed by atoms with E-state index in [0.29, 0.717) is 13.2 Å². The zero-order valence-electron chi connectivity index (χ0n) is 16.0. The maximum atomic E-state index is 12.4. The maximum Gasteiger partial charge on any atom is 0.407 e. The van der Waals surface area contributed by atoms with Gasteiger partial charge in [-0.1, -0.05) is 48.5 Å². The van der Waals surface area contributed by atoms with Crippen LogP contribution in [-0.2, 0) is 9.47 Å². The van der Waals surface area contributed by atoms with Crippen molar-refractivity contribution < 1.29 is 19.4 Å². The predicted molar refractivity (Wildman–Crippen MR) is 105 cm³/mol. The largest absolute Gasteiger partial charge is 0.449 e. The molecular formula is C23H25NO4. The lowest BCUT2D eigenvalue weighted by Crippen LogP contribution is -2.51. The highest BCUT2D eigenvalue weighted by Gasteiger charge is 2.65. The van der Waals surface area contributed by atoms with Gasteiger partial charge in [0, 0.05) is 17.9 Å². The number of ether oxygens (including phenoxy) is 2. The van der Waals surface area contributed by atoms with Gasteiger partial charge in [-0.05, 0) is 42.0 Å². The number of hydrogen-bond donors (Lipinski definition) is 2. The fraction of sp³-hybridized carbons (Fsp3) is 0.435. The van der Waals surface area contributed by atoms with Gasteiger partial charge < -0.3 is 19.9 Å². The lowest BCUT2D eigenvalue weighted by Gasteiger charge is -2.43. The Kier molecular flexibility index (Phi) is 4.00. The van der Waals surface area contributed by atoms with Crippen LogP contribution in [-0.4, -0.2) is 42.7 Å². The molecule has 2 aliphatic carbocycles. The van der Waals surface area contributed by atoms with Crippen molar-refractivity contribution in [3.63, 3.8) is 0 Å². The molecular weight excluding hydrogens is 354 g/mol. The van der Waals surface area contributed by atoms with Crippen molar-refractivity contribution in [2.75, 3.05) is 19.8 Å². The standard InChI is InChI=1S/C23H25NO4/c1-22-12-23(13-22,20(10-25)28-22)14-24-21(26)27-11-19-17-8-4-2-6-15(17)16-7-3-5-9-18(16)19/h2-9,19-20,25H,10-14H2,1H3,(H,24,26). The van der Waals surface area contributed by atoms with E-state index >= 15 is 0 Å². The van der Waals surface area contributed by atoms with Crippen LogP contribution in [0.15, 0.2) is 48.5 Å². The number of carbonyl (C=O) groups is 1. The van der Waals surface area contributed by atoms with Crippen molar-refractivity contribution >= 4 is 6.09 Å². The summed E-state index contributed by atoms with van der Waals surface area (Å²) in [5, 5.41) is 12.5. The molecule has 2 aliphatic heterocycles. The van der Waals surface area contributed by atoms with Crippen molar-refractivity contribution in [3.8, 4) is 11.1 Å². The first kappa shape index (κ1) is 17.7. The Labute approximate surface area is 164 Å². The highest BCUT2D eigenvalue weighted by Crippen LogP contribution is 2.60. The number of hydrogen-bond acceptors (Lipinski definition) is 4. The SMILES string of the molecule is CC12CC(CNC(=O)OCC3c4ccccc4-c4ccccc43)(C1)C(CO)O2. The molecule has 146 valence electrons. The number of alkyl carbamates (subject to hydrolysis) is 1. The summed E-state index contributed by atoms with van der Waals surface area (Å²) in [6.45, 7) is 2.84. The van der Waals surface area contributed by atoms with E-state index in [1.165, 1.54) is 22.3 Å². The smallest absolute Gasteiger partial charge is 0.407 e. The molecule has 2 aromatic rings. The predicted octanol–water partition coefficient (Wildman–Crippen LogP) is 3.46. The first-order chi connectivity index (χ1) is 13.5. The number of carbonyl (C=O) groups excluding carboxylic acids is 1. The normalized spacial score (nSPS) is 29.7. The molecule has 1 atom stereocenters. The molecule has 1 amide bonds. The highest BCUT2D eigenvalue weighted by molar-refractivity contribution is 5.79. The second-order valence-corrected chi connectivity index (χ2v) is 8.63. The molecule has 1 unspecified atom stereocenters. The van der Waals surface area contributed by atoms with E-state index in [-0.39, 0.29) is 29.6 Å². The molecule has 1 saturated carbocycles. The van der Waals surface area contributed by atoms with Crippen LogP contribution in [0, 0.1) is 5.41 Å². The second kappa shape index (κ2) is 6.33. The van der Waals surface area contributed by atoms with Crippen LogP contribution >= 0.6 is 0 Å². The molecule has 2 heterocycles. The molecule has 3 fully saturated rings. The maximum absolute atomic E-state index is 12.4. The number of fused-ring (bicyclic) bond motifs is 4. The van der Waals surface area contributed by atoms with Crippen molar-refractivity contribution in [1.29, 1.82) is 0 Å². The third-order valence-corrected chi connectivity index (χ3v) is 6.66. The molecule has 5 heteroatoms. The van der Waals surface area contributed by atoms with Crippen LogP contribution in [0.2, 0.25) is 0 Å². The van der Waals surface area contributed by atoms with Crippen molar-refractivity contribution in [2.24, 2.45) is 5.41 Å². The van der Waals surface area contributed by atoms with Crippen LogP contribution in [0.25, 0.3) is 11.1 Å². The van der Waals surface area contributed by atoms with Crippen LogP contribution in [0.4, 0.5) is 4.79 Å². The van der Waals surface area contributed by atoms with Gasteiger partial charge in [-0.15, -0.1) is 0 Å². The van der Waals surface area contributed by atoms with Crippen molar-refractivity contribution in [3.05, 3.63) is 59.7 Å². The Morgan fingerprint density at radius 1 is 1.14 bits per heavy atom. The zero-order chi connectivity index (χ0) is 19.4. The number of amides is 1. The molecule has 2 N–H and O–H groups in total. The van der Waals surface area contributed by atoms with Gasteiger partial charge in [-0.25, -0.2) is 4.79 Å². The molecule has 4 aliphatic rings. The number of benzene rings is 2. The molecule has 2 aromatic carbocycles. The van der Waals surface area contributed by atoms with Gasteiger partial charge in [0.25, 0.3) is 0 Å². The van der Waals surface area contributed by atoms with Crippen molar-refractivity contribution in [2.45, 2.75) is 37.4 Å². The fourth-order valence-electron chi connectivity index (χ4n) is 5.58. The van der Waals surface area contributed by atoms with E-state index in [9.17, 15) is 9.90 Å². The van der Waals surface area contributed by atoms with E-state index in [1.807, 2.05) is 24.3 Å². The third kappa shape index (κ3) is 2.65. The Balaban J connectivity index is 1.23. The minimum atomic E-state index is -0.409. The van der Waals surface area contributed by atoms with Crippen LogP contribution in [0.3, 0.4) is 0 Å². The highest BCUT2D eigenvalue weighted by atomic mass is 16.6. The second-order valence-electron chi connectivity index (χ2n) is 8.63. The average molecular weight is 379 g/mol. The summed E-state index contributed by atoms with van der Waals surface area (Å²) in [5.41, 5.74) is 4.54. The van der Waals surface area contributed by atoms with Gasteiger partial charge in [0.2, 0.25) is 0 Å². The minimum absolute atomic E-state index is 0.0119. The van der Waals surface area contributed by atoms with Gasteiger partial charge in [-0.3, -0.25) is 0 Å². The summed E-state index contributed by atoms with van der Waals surface area (Å²) >= 11 is 0. The Morgan fingerprint density at radius 3 is 2.36 bits per heavy atom. The first-order valence-corrected chi connectivity index (χ1v) is 9.91.